The fraction of sp³-hybridized carbons (Fsp3) is 1.00. The number of quaternary nitrogens is 1. The van der Waals surface area contributed by atoms with Crippen LogP contribution in [0.15, 0.2) is 0 Å². The molecule has 0 fully saturated rings. The second-order valence-corrected chi connectivity index (χ2v) is 7.64. The van der Waals surface area contributed by atoms with E-state index < -0.39 is 7.82 Å². The van der Waals surface area contributed by atoms with Crippen LogP contribution in [0, 0.1) is 0 Å². The van der Waals surface area contributed by atoms with Crippen molar-refractivity contribution >= 4 is 7.82 Å². The Morgan fingerprint density at radius 2 is 1.23 bits per heavy atom. The molecule has 0 atom stereocenters. The molecule has 0 amide bonds. The SMILES string of the molecule is CCCCCCCCCCOCC[N+](C)(C)C.O=P(O)(O)O. The summed E-state index contributed by atoms with van der Waals surface area (Å²) < 4.78 is 15.5. The number of nitrogens with zero attached hydrogens (tertiary/aromatic N) is 1. The molecule has 7 heteroatoms. The molecule has 3 N–H and O–H groups in total. The third kappa shape index (κ3) is 36.9. The van der Waals surface area contributed by atoms with Crippen LogP contribution in [0.5, 0.6) is 0 Å². The first-order valence-corrected chi connectivity index (χ1v) is 9.79. The molecule has 0 aromatic carbocycles. The van der Waals surface area contributed by atoms with Gasteiger partial charge in [-0.2, -0.15) is 0 Å². The first-order valence-electron chi connectivity index (χ1n) is 8.22. The lowest BCUT2D eigenvalue weighted by molar-refractivity contribution is -0.870. The summed E-state index contributed by atoms with van der Waals surface area (Å²) >= 11 is 0. The summed E-state index contributed by atoms with van der Waals surface area (Å²) in [6.07, 6.45) is 11.0. The van der Waals surface area contributed by atoms with E-state index >= 15 is 0 Å². The topological polar surface area (TPSA) is 87.0 Å². The van der Waals surface area contributed by atoms with Gasteiger partial charge in [-0.3, -0.25) is 0 Å². The Balaban J connectivity index is 0. The molecule has 0 rings (SSSR count). The molecule has 0 aliphatic heterocycles. The standard InChI is InChI=1S/C15H34NO.H3O4P/c1-5-6-7-8-9-10-11-12-14-17-15-13-16(2,3)4;1-5(2,3)4/h5-15H2,1-4H3;(H3,1,2,3,4)/q+1;. The van der Waals surface area contributed by atoms with Gasteiger partial charge in [0.05, 0.1) is 27.7 Å². The molecule has 0 spiro atoms. The molecule has 0 radical (unpaired) electrons. The van der Waals surface area contributed by atoms with Crippen molar-refractivity contribution in [2.45, 2.75) is 58.3 Å². The number of phosphoric acid groups is 1. The van der Waals surface area contributed by atoms with Crippen LogP contribution in [0.4, 0.5) is 0 Å². The number of ether oxygens (including phenoxy) is 1. The van der Waals surface area contributed by atoms with Gasteiger partial charge in [-0.05, 0) is 6.42 Å². The van der Waals surface area contributed by atoms with E-state index in [2.05, 4.69) is 28.1 Å². The molecule has 0 bridgehead atoms. The van der Waals surface area contributed by atoms with Crippen LogP contribution in [0.1, 0.15) is 58.3 Å². The van der Waals surface area contributed by atoms with Gasteiger partial charge in [-0.15, -0.1) is 0 Å². The van der Waals surface area contributed by atoms with E-state index in [0.29, 0.717) is 0 Å². The molecule has 6 nitrogen and oxygen atoms in total. The summed E-state index contributed by atoms with van der Waals surface area (Å²) in [6.45, 7) is 5.24. The minimum Gasteiger partial charge on any atom is -0.376 e. The second kappa shape index (κ2) is 14.6. The molecule has 0 aromatic rings. The van der Waals surface area contributed by atoms with Gasteiger partial charge in [0.15, 0.2) is 0 Å². The minimum absolute atomic E-state index is 0.903. The summed E-state index contributed by atoms with van der Waals surface area (Å²) in [6, 6.07) is 0. The van der Waals surface area contributed by atoms with Crippen LogP contribution in [-0.4, -0.2) is 60.1 Å². The van der Waals surface area contributed by atoms with E-state index in [1.165, 1.54) is 51.4 Å². The summed E-state index contributed by atoms with van der Waals surface area (Å²) in [5.41, 5.74) is 0. The predicted octanol–water partition coefficient (Wildman–Crippen LogP) is 2.92. The van der Waals surface area contributed by atoms with E-state index in [0.717, 1.165) is 24.2 Å². The zero-order valence-electron chi connectivity index (χ0n) is 14.8. The Morgan fingerprint density at radius 3 is 1.64 bits per heavy atom. The van der Waals surface area contributed by atoms with Crippen LogP contribution >= 0.6 is 7.82 Å². The van der Waals surface area contributed by atoms with Gasteiger partial charge in [0.1, 0.15) is 6.54 Å². The van der Waals surface area contributed by atoms with Crippen molar-refractivity contribution in [3.63, 3.8) is 0 Å². The Kier molecular flexibility index (Phi) is 16.1. The Hall–Kier alpha value is 0.0300. The summed E-state index contributed by atoms with van der Waals surface area (Å²) in [4.78, 5) is 21.6. The van der Waals surface area contributed by atoms with Crippen LogP contribution in [0.25, 0.3) is 0 Å². The third-order valence-electron chi connectivity index (χ3n) is 3.05. The molecule has 0 saturated carbocycles. The Bertz CT molecular complexity index is 267. The zero-order valence-corrected chi connectivity index (χ0v) is 15.7. The lowest BCUT2D eigenvalue weighted by Gasteiger charge is -2.23. The van der Waals surface area contributed by atoms with E-state index in [-0.39, 0.29) is 0 Å². The minimum atomic E-state index is -4.64. The van der Waals surface area contributed by atoms with E-state index in [1.54, 1.807) is 0 Å². The maximum absolute atomic E-state index is 8.88. The van der Waals surface area contributed by atoms with Gasteiger partial charge in [0, 0.05) is 6.61 Å². The lowest BCUT2D eigenvalue weighted by atomic mass is 10.1. The number of hydrogen-bond acceptors (Lipinski definition) is 2. The fourth-order valence-corrected chi connectivity index (χ4v) is 1.78. The highest BCUT2D eigenvalue weighted by Crippen LogP contribution is 2.25. The maximum atomic E-state index is 8.88. The van der Waals surface area contributed by atoms with Gasteiger partial charge in [-0.25, -0.2) is 4.57 Å². The Morgan fingerprint density at radius 1 is 0.818 bits per heavy atom. The molecule has 0 aliphatic rings. The van der Waals surface area contributed by atoms with Crippen molar-refractivity contribution < 1.29 is 28.5 Å². The highest BCUT2D eigenvalue weighted by molar-refractivity contribution is 7.45. The quantitative estimate of drug-likeness (QED) is 0.288. The largest absolute Gasteiger partial charge is 0.466 e. The lowest BCUT2D eigenvalue weighted by Crippen LogP contribution is -2.37. The van der Waals surface area contributed by atoms with Crippen LogP contribution in [0.2, 0.25) is 0 Å². The predicted molar refractivity (Wildman–Crippen MR) is 90.6 cm³/mol. The number of hydrogen-bond donors (Lipinski definition) is 3. The molecular weight excluding hydrogens is 305 g/mol. The molecule has 0 aromatic heterocycles. The monoisotopic (exact) mass is 342 g/mol. The molecule has 0 aliphatic carbocycles. The number of likely N-dealkylation sites (N-methyl/N-ethyl adjacent to an activating group) is 1. The van der Waals surface area contributed by atoms with Crippen LogP contribution in [-0.2, 0) is 9.30 Å². The average molecular weight is 342 g/mol. The highest BCUT2D eigenvalue weighted by Gasteiger charge is 2.05. The zero-order chi connectivity index (χ0) is 17.5. The Labute approximate surface area is 136 Å². The maximum Gasteiger partial charge on any atom is 0.466 e. The van der Waals surface area contributed by atoms with Crippen LogP contribution < -0.4 is 0 Å². The van der Waals surface area contributed by atoms with Crippen molar-refractivity contribution in [3.8, 4) is 0 Å². The first kappa shape index (κ1) is 24.3. The molecule has 136 valence electrons. The van der Waals surface area contributed by atoms with Gasteiger partial charge >= 0.3 is 7.82 Å². The van der Waals surface area contributed by atoms with Gasteiger partial charge in [0.2, 0.25) is 0 Å². The number of unbranched alkanes of at least 4 members (excludes halogenated alkanes) is 7. The summed E-state index contributed by atoms with van der Waals surface area (Å²) in [7, 11) is 1.99. The van der Waals surface area contributed by atoms with E-state index in [9.17, 15) is 0 Å². The van der Waals surface area contributed by atoms with Crippen molar-refractivity contribution in [2.24, 2.45) is 0 Å². The highest BCUT2D eigenvalue weighted by atomic mass is 31.2. The summed E-state index contributed by atoms with van der Waals surface area (Å²) in [5.74, 6) is 0. The van der Waals surface area contributed by atoms with Crippen LogP contribution in [0.3, 0.4) is 0 Å². The number of rotatable bonds is 12. The van der Waals surface area contributed by atoms with Crippen molar-refractivity contribution in [1.29, 1.82) is 0 Å². The van der Waals surface area contributed by atoms with Crippen molar-refractivity contribution in [2.75, 3.05) is 40.9 Å². The second-order valence-electron chi connectivity index (χ2n) is 6.61. The van der Waals surface area contributed by atoms with Gasteiger partial charge < -0.3 is 23.9 Å². The molecule has 22 heavy (non-hydrogen) atoms. The fourth-order valence-electron chi connectivity index (χ4n) is 1.78. The van der Waals surface area contributed by atoms with Gasteiger partial charge in [0.25, 0.3) is 0 Å². The third-order valence-corrected chi connectivity index (χ3v) is 3.05. The van der Waals surface area contributed by atoms with Crippen molar-refractivity contribution in [3.05, 3.63) is 0 Å². The van der Waals surface area contributed by atoms with Gasteiger partial charge in [-0.1, -0.05) is 51.9 Å². The molecule has 0 saturated heterocycles. The van der Waals surface area contributed by atoms with E-state index in [1.807, 2.05) is 0 Å². The average Bonchev–Trinajstić information content (AvgIpc) is 2.32. The molecular formula is C15H37NO5P+. The smallest absolute Gasteiger partial charge is 0.376 e. The summed E-state index contributed by atoms with van der Waals surface area (Å²) in [5, 5.41) is 0. The molecule has 0 heterocycles. The normalized spacial score (nSPS) is 12.0. The first-order chi connectivity index (χ1) is 10.1. The van der Waals surface area contributed by atoms with Crippen molar-refractivity contribution in [1.82, 2.24) is 0 Å². The van der Waals surface area contributed by atoms with E-state index in [4.69, 9.17) is 24.0 Å². The molecule has 0 unspecified atom stereocenters.